The Hall–Kier alpha value is -0.820. The van der Waals surface area contributed by atoms with Gasteiger partial charge in [0, 0.05) is 12.1 Å². The Balaban J connectivity index is 2.17. The van der Waals surface area contributed by atoms with Crippen molar-refractivity contribution in [2.45, 2.75) is 38.3 Å². The molecule has 0 radical (unpaired) electrons. The van der Waals surface area contributed by atoms with Gasteiger partial charge in [-0.25, -0.2) is 0 Å². The molecule has 1 aromatic rings. The van der Waals surface area contributed by atoms with Gasteiger partial charge in [0.15, 0.2) is 0 Å². The lowest BCUT2D eigenvalue weighted by atomic mass is 9.97. The highest BCUT2D eigenvalue weighted by atomic mass is 15.0. The molecule has 0 bridgehead atoms. The van der Waals surface area contributed by atoms with E-state index in [9.17, 15) is 0 Å². The Labute approximate surface area is 79.2 Å². The minimum absolute atomic E-state index is 0.417. The summed E-state index contributed by atoms with van der Waals surface area (Å²) in [5.74, 6) is 0. The van der Waals surface area contributed by atoms with Gasteiger partial charge in [-0.15, -0.1) is 0 Å². The van der Waals surface area contributed by atoms with Gasteiger partial charge in [-0.1, -0.05) is 25.1 Å². The fourth-order valence-electron chi connectivity index (χ4n) is 2.55. The van der Waals surface area contributed by atoms with E-state index in [1.165, 1.54) is 24.8 Å². The lowest BCUT2D eigenvalue weighted by Crippen LogP contribution is -2.19. The Morgan fingerprint density at radius 2 is 2.23 bits per heavy atom. The van der Waals surface area contributed by atoms with Gasteiger partial charge in [-0.3, -0.25) is 0 Å². The maximum Gasteiger partial charge on any atom is 0.0442 e. The first-order chi connectivity index (χ1) is 6.36. The summed E-state index contributed by atoms with van der Waals surface area (Å²) in [7, 11) is 0. The summed E-state index contributed by atoms with van der Waals surface area (Å²) < 4.78 is 0. The standard InChI is InChI=1S/C12H15N/c1-2-9-4-3-5-11-10(9)8-13-12(11)6-7-12/h3-5,13H,2,6-8H2,1H3. The Morgan fingerprint density at radius 3 is 2.92 bits per heavy atom. The van der Waals surface area contributed by atoms with Crippen LogP contribution < -0.4 is 5.32 Å². The van der Waals surface area contributed by atoms with E-state index in [0.717, 1.165) is 6.54 Å². The van der Waals surface area contributed by atoms with Gasteiger partial charge >= 0.3 is 0 Å². The van der Waals surface area contributed by atoms with Crippen LogP contribution in [0.4, 0.5) is 0 Å². The molecule has 1 heterocycles. The van der Waals surface area contributed by atoms with Crippen LogP contribution in [0.15, 0.2) is 18.2 Å². The third-order valence-corrected chi connectivity index (χ3v) is 3.52. The minimum Gasteiger partial charge on any atom is -0.303 e. The number of aryl methyl sites for hydroxylation is 1. The lowest BCUT2D eigenvalue weighted by molar-refractivity contribution is 0.573. The molecule has 1 N–H and O–H groups in total. The first-order valence-corrected chi connectivity index (χ1v) is 5.22. The highest BCUT2D eigenvalue weighted by molar-refractivity contribution is 5.46. The highest BCUT2D eigenvalue weighted by Crippen LogP contribution is 2.50. The van der Waals surface area contributed by atoms with Crippen molar-refractivity contribution in [1.29, 1.82) is 0 Å². The molecule has 0 unspecified atom stereocenters. The van der Waals surface area contributed by atoms with E-state index in [0.29, 0.717) is 5.54 Å². The normalized spacial score (nSPS) is 21.9. The van der Waals surface area contributed by atoms with Crippen molar-refractivity contribution in [2.24, 2.45) is 0 Å². The van der Waals surface area contributed by atoms with Crippen LogP contribution in [0.25, 0.3) is 0 Å². The number of fused-ring (bicyclic) bond motifs is 2. The van der Waals surface area contributed by atoms with Crippen molar-refractivity contribution in [3.8, 4) is 0 Å². The molecule has 1 nitrogen and oxygen atoms in total. The van der Waals surface area contributed by atoms with Crippen molar-refractivity contribution in [2.75, 3.05) is 0 Å². The predicted octanol–water partition coefficient (Wildman–Crippen LogP) is 2.34. The number of benzene rings is 1. The highest BCUT2D eigenvalue weighted by Gasteiger charge is 2.48. The van der Waals surface area contributed by atoms with E-state index in [2.05, 4.69) is 30.4 Å². The molecule has 1 aliphatic heterocycles. The molecule has 68 valence electrons. The second-order valence-electron chi connectivity index (χ2n) is 4.23. The maximum absolute atomic E-state index is 3.65. The molecule has 1 heteroatoms. The van der Waals surface area contributed by atoms with E-state index in [1.807, 2.05) is 0 Å². The van der Waals surface area contributed by atoms with Crippen molar-refractivity contribution < 1.29 is 0 Å². The van der Waals surface area contributed by atoms with Crippen LogP contribution in [0.5, 0.6) is 0 Å². The van der Waals surface area contributed by atoms with Gasteiger partial charge in [0.05, 0.1) is 0 Å². The third-order valence-electron chi connectivity index (χ3n) is 3.52. The van der Waals surface area contributed by atoms with Crippen LogP contribution in [0, 0.1) is 0 Å². The predicted molar refractivity (Wildman–Crippen MR) is 53.6 cm³/mol. The lowest BCUT2D eigenvalue weighted by Gasteiger charge is -2.09. The summed E-state index contributed by atoms with van der Waals surface area (Å²) in [6.45, 7) is 3.34. The Kier molecular flexibility index (Phi) is 1.37. The van der Waals surface area contributed by atoms with Crippen molar-refractivity contribution >= 4 is 0 Å². The summed E-state index contributed by atoms with van der Waals surface area (Å²) >= 11 is 0. The number of hydrogen-bond acceptors (Lipinski definition) is 1. The van der Waals surface area contributed by atoms with Crippen molar-refractivity contribution in [3.05, 3.63) is 34.9 Å². The van der Waals surface area contributed by atoms with Gasteiger partial charge in [-0.2, -0.15) is 0 Å². The SMILES string of the molecule is CCc1cccc2c1CNC21CC1. The summed E-state index contributed by atoms with van der Waals surface area (Å²) in [6.07, 6.45) is 3.85. The molecule has 0 saturated heterocycles. The molecule has 1 aromatic carbocycles. The number of rotatable bonds is 1. The van der Waals surface area contributed by atoms with Gasteiger partial charge in [0.25, 0.3) is 0 Å². The summed E-state index contributed by atoms with van der Waals surface area (Å²) in [5, 5.41) is 3.65. The van der Waals surface area contributed by atoms with E-state index >= 15 is 0 Å². The quantitative estimate of drug-likeness (QED) is 0.687. The van der Waals surface area contributed by atoms with Crippen LogP contribution in [0.1, 0.15) is 36.5 Å². The van der Waals surface area contributed by atoms with E-state index < -0.39 is 0 Å². The van der Waals surface area contributed by atoms with Gasteiger partial charge < -0.3 is 5.32 Å². The second kappa shape index (κ2) is 2.36. The minimum atomic E-state index is 0.417. The van der Waals surface area contributed by atoms with Crippen LogP contribution in [0.3, 0.4) is 0 Å². The number of hydrogen-bond donors (Lipinski definition) is 1. The van der Waals surface area contributed by atoms with Crippen LogP contribution in [-0.2, 0) is 18.5 Å². The van der Waals surface area contributed by atoms with E-state index in [1.54, 1.807) is 11.1 Å². The fraction of sp³-hybridized carbons (Fsp3) is 0.500. The molecule has 0 aromatic heterocycles. The Morgan fingerprint density at radius 1 is 1.38 bits per heavy atom. The molecule has 1 saturated carbocycles. The molecule has 1 aliphatic carbocycles. The Bertz CT molecular complexity index is 350. The topological polar surface area (TPSA) is 12.0 Å². The van der Waals surface area contributed by atoms with E-state index in [-0.39, 0.29) is 0 Å². The third kappa shape index (κ3) is 0.910. The second-order valence-corrected chi connectivity index (χ2v) is 4.23. The molecule has 1 spiro atoms. The largest absolute Gasteiger partial charge is 0.303 e. The zero-order chi connectivity index (χ0) is 8.89. The first-order valence-electron chi connectivity index (χ1n) is 5.22. The van der Waals surface area contributed by atoms with Gasteiger partial charge in [-0.05, 0) is 36.0 Å². The molecule has 13 heavy (non-hydrogen) atoms. The van der Waals surface area contributed by atoms with Crippen LogP contribution in [0.2, 0.25) is 0 Å². The van der Waals surface area contributed by atoms with Gasteiger partial charge in [0.2, 0.25) is 0 Å². The maximum atomic E-state index is 3.65. The summed E-state index contributed by atoms with van der Waals surface area (Å²) in [6, 6.07) is 6.79. The molecule has 2 aliphatic rings. The molecular formula is C12H15N. The summed E-state index contributed by atoms with van der Waals surface area (Å²) in [4.78, 5) is 0. The molecule has 3 rings (SSSR count). The summed E-state index contributed by atoms with van der Waals surface area (Å²) in [5.41, 5.74) is 5.13. The zero-order valence-electron chi connectivity index (χ0n) is 8.06. The van der Waals surface area contributed by atoms with Gasteiger partial charge in [0.1, 0.15) is 0 Å². The van der Waals surface area contributed by atoms with Crippen LogP contribution in [-0.4, -0.2) is 0 Å². The number of nitrogens with one attached hydrogen (secondary N) is 1. The zero-order valence-corrected chi connectivity index (χ0v) is 8.06. The molecule has 0 amide bonds. The van der Waals surface area contributed by atoms with Crippen molar-refractivity contribution in [1.82, 2.24) is 5.32 Å². The average molecular weight is 173 g/mol. The average Bonchev–Trinajstić information content (AvgIpc) is 2.85. The fourth-order valence-corrected chi connectivity index (χ4v) is 2.55. The van der Waals surface area contributed by atoms with Crippen LogP contribution >= 0.6 is 0 Å². The van der Waals surface area contributed by atoms with Crippen molar-refractivity contribution in [3.63, 3.8) is 0 Å². The molecule has 1 fully saturated rings. The molecule has 0 atom stereocenters. The smallest absolute Gasteiger partial charge is 0.0442 e. The molecular weight excluding hydrogens is 158 g/mol. The first kappa shape index (κ1) is 7.57. The monoisotopic (exact) mass is 173 g/mol. The van der Waals surface area contributed by atoms with E-state index in [4.69, 9.17) is 0 Å².